The van der Waals surface area contributed by atoms with Gasteiger partial charge in [-0.3, -0.25) is 9.59 Å². The molecule has 4 rings (SSSR count). The average molecular weight is 349 g/mol. The lowest BCUT2D eigenvalue weighted by Crippen LogP contribution is -2.29. The van der Waals surface area contributed by atoms with E-state index >= 15 is 0 Å². The molecule has 26 heavy (non-hydrogen) atoms. The van der Waals surface area contributed by atoms with Gasteiger partial charge in [-0.15, -0.1) is 0 Å². The Bertz CT molecular complexity index is 869. The number of imide groups is 1. The van der Waals surface area contributed by atoms with Gasteiger partial charge < -0.3 is 4.74 Å². The van der Waals surface area contributed by atoms with E-state index < -0.39 is 11.9 Å². The second-order valence-electron chi connectivity index (χ2n) is 6.71. The van der Waals surface area contributed by atoms with Crippen LogP contribution in [0, 0.1) is 0 Å². The van der Waals surface area contributed by atoms with Crippen molar-refractivity contribution >= 4 is 23.5 Å². The maximum absolute atomic E-state index is 12.7. The molecule has 2 aliphatic rings. The second kappa shape index (κ2) is 6.75. The number of rotatable bonds is 3. The number of fused-ring (bicyclic) bond motifs is 1. The van der Waals surface area contributed by atoms with Gasteiger partial charge in [0.25, 0.3) is 11.8 Å². The summed E-state index contributed by atoms with van der Waals surface area (Å²) in [4.78, 5) is 38.9. The van der Waals surface area contributed by atoms with Crippen molar-refractivity contribution in [2.24, 2.45) is 0 Å². The fourth-order valence-electron chi connectivity index (χ4n) is 3.58. The lowest BCUT2D eigenvalue weighted by atomic mass is 9.97. The Labute approximate surface area is 151 Å². The van der Waals surface area contributed by atoms with Gasteiger partial charge in [0.15, 0.2) is 0 Å². The first-order chi connectivity index (χ1) is 12.6. The fraction of sp³-hybridized carbons (Fsp3) is 0.286. The molecule has 1 saturated carbocycles. The van der Waals surface area contributed by atoms with Crippen LogP contribution >= 0.6 is 0 Å². The van der Waals surface area contributed by atoms with Crippen LogP contribution in [-0.2, 0) is 4.74 Å². The van der Waals surface area contributed by atoms with Crippen LogP contribution in [0.4, 0.5) is 5.69 Å². The molecule has 0 spiro atoms. The summed E-state index contributed by atoms with van der Waals surface area (Å²) in [7, 11) is 0. The van der Waals surface area contributed by atoms with Crippen molar-refractivity contribution in [3.05, 3.63) is 65.2 Å². The monoisotopic (exact) mass is 349 g/mol. The van der Waals surface area contributed by atoms with Crippen LogP contribution in [0.3, 0.4) is 0 Å². The Morgan fingerprint density at radius 3 is 2.31 bits per heavy atom. The van der Waals surface area contributed by atoms with Gasteiger partial charge >= 0.3 is 5.97 Å². The van der Waals surface area contributed by atoms with Gasteiger partial charge in [0.05, 0.1) is 22.4 Å². The number of ether oxygens (including phenoxy) is 1. The highest BCUT2D eigenvalue weighted by Gasteiger charge is 2.37. The quantitative estimate of drug-likeness (QED) is 0.621. The van der Waals surface area contributed by atoms with E-state index in [-0.39, 0.29) is 17.6 Å². The number of carbonyl (C=O) groups is 3. The highest BCUT2D eigenvalue weighted by Crippen LogP contribution is 2.29. The summed E-state index contributed by atoms with van der Waals surface area (Å²) in [6, 6.07) is 13.3. The largest absolute Gasteiger partial charge is 0.459 e. The summed E-state index contributed by atoms with van der Waals surface area (Å²) < 4.78 is 5.56. The number of esters is 1. The number of anilines is 1. The highest BCUT2D eigenvalue weighted by atomic mass is 16.5. The predicted octanol–water partition coefficient (Wildman–Crippen LogP) is 3.98. The number of benzene rings is 2. The summed E-state index contributed by atoms with van der Waals surface area (Å²) in [5.74, 6) is -1.22. The van der Waals surface area contributed by atoms with Crippen molar-refractivity contribution in [1.82, 2.24) is 0 Å². The highest BCUT2D eigenvalue weighted by molar-refractivity contribution is 6.34. The molecular formula is C21H19NO4. The zero-order valence-corrected chi connectivity index (χ0v) is 14.3. The lowest BCUT2D eigenvalue weighted by Gasteiger charge is -2.21. The molecule has 2 aromatic carbocycles. The van der Waals surface area contributed by atoms with E-state index in [4.69, 9.17) is 4.74 Å². The van der Waals surface area contributed by atoms with Crippen LogP contribution in [0.2, 0.25) is 0 Å². The maximum atomic E-state index is 12.7. The molecule has 1 heterocycles. The van der Waals surface area contributed by atoms with E-state index in [0.29, 0.717) is 16.8 Å². The first kappa shape index (κ1) is 16.5. The summed E-state index contributed by atoms with van der Waals surface area (Å²) >= 11 is 0. The Morgan fingerprint density at radius 2 is 1.58 bits per heavy atom. The number of hydrogen-bond donors (Lipinski definition) is 0. The van der Waals surface area contributed by atoms with Crippen LogP contribution in [0.25, 0.3) is 0 Å². The van der Waals surface area contributed by atoms with Gasteiger partial charge in [-0.25, -0.2) is 9.69 Å². The number of carbonyl (C=O) groups excluding carboxylic acids is 3. The summed E-state index contributed by atoms with van der Waals surface area (Å²) in [5.41, 5.74) is 1.39. The molecule has 0 bridgehead atoms. The molecule has 0 saturated heterocycles. The minimum Gasteiger partial charge on any atom is -0.459 e. The normalized spacial score (nSPS) is 17.3. The van der Waals surface area contributed by atoms with Gasteiger partial charge in [-0.1, -0.05) is 24.6 Å². The van der Waals surface area contributed by atoms with Crippen LogP contribution in [0.15, 0.2) is 48.5 Å². The first-order valence-corrected chi connectivity index (χ1v) is 8.94. The van der Waals surface area contributed by atoms with Gasteiger partial charge in [0, 0.05) is 0 Å². The van der Waals surface area contributed by atoms with Crippen LogP contribution < -0.4 is 4.90 Å². The molecule has 2 aromatic rings. The third-order valence-electron chi connectivity index (χ3n) is 4.96. The van der Waals surface area contributed by atoms with E-state index in [2.05, 4.69) is 0 Å². The Kier molecular flexibility index (Phi) is 4.29. The van der Waals surface area contributed by atoms with Crippen LogP contribution in [0.5, 0.6) is 0 Å². The van der Waals surface area contributed by atoms with E-state index in [1.54, 1.807) is 30.3 Å². The number of para-hydroxylation sites is 1. The molecule has 1 aliphatic carbocycles. The molecule has 1 fully saturated rings. The van der Waals surface area contributed by atoms with E-state index in [0.717, 1.165) is 30.6 Å². The zero-order chi connectivity index (χ0) is 18.1. The maximum Gasteiger partial charge on any atom is 0.338 e. The van der Waals surface area contributed by atoms with Crippen molar-refractivity contribution in [2.75, 3.05) is 4.90 Å². The minimum absolute atomic E-state index is 0.0531. The summed E-state index contributed by atoms with van der Waals surface area (Å²) in [6.07, 6.45) is 5.04. The lowest BCUT2D eigenvalue weighted by molar-refractivity contribution is 0.0211. The van der Waals surface area contributed by atoms with Crippen molar-refractivity contribution in [3.8, 4) is 0 Å². The SMILES string of the molecule is O=C(OC1CCCCC1)c1ccc2c(c1)C(=O)N(c1ccccc1)C2=O. The standard InChI is InChI=1S/C21H19NO4/c23-19-17-12-11-14(21(25)26-16-9-5-2-6-10-16)13-18(17)20(24)22(19)15-7-3-1-4-8-15/h1,3-4,7-8,11-13,16H,2,5-6,9-10H2. The van der Waals surface area contributed by atoms with Gasteiger partial charge in [-0.05, 0) is 56.0 Å². The van der Waals surface area contributed by atoms with Crippen LogP contribution in [0.1, 0.15) is 63.2 Å². The summed E-state index contributed by atoms with van der Waals surface area (Å²) in [6.45, 7) is 0. The smallest absolute Gasteiger partial charge is 0.338 e. The molecule has 2 amide bonds. The fourth-order valence-corrected chi connectivity index (χ4v) is 3.58. The number of amides is 2. The van der Waals surface area contributed by atoms with Crippen molar-refractivity contribution in [1.29, 1.82) is 0 Å². The molecule has 1 aliphatic heterocycles. The number of nitrogens with zero attached hydrogens (tertiary/aromatic N) is 1. The second-order valence-corrected chi connectivity index (χ2v) is 6.71. The topological polar surface area (TPSA) is 63.7 Å². The first-order valence-electron chi connectivity index (χ1n) is 8.94. The Balaban J connectivity index is 1.58. The third kappa shape index (κ3) is 2.90. The molecule has 5 heteroatoms. The van der Waals surface area contributed by atoms with Crippen molar-refractivity contribution < 1.29 is 19.1 Å². The molecule has 132 valence electrons. The van der Waals surface area contributed by atoms with Gasteiger partial charge in [0.1, 0.15) is 6.10 Å². The third-order valence-corrected chi connectivity index (χ3v) is 4.96. The average Bonchev–Trinajstić information content (AvgIpc) is 2.93. The van der Waals surface area contributed by atoms with Crippen molar-refractivity contribution in [3.63, 3.8) is 0 Å². The molecule has 0 radical (unpaired) electrons. The molecule has 5 nitrogen and oxygen atoms in total. The molecule has 0 unspecified atom stereocenters. The predicted molar refractivity (Wildman–Crippen MR) is 96.3 cm³/mol. The van der Waals surface area contributed by atoms with E-state index in [1.807, 2.05) is 6.07 Å². The zero-order valence-electron chi connectivity index (χ0n) is 14.3. The van der Waals surface area contributed by atoms with E-state index in [1.165, 1.54) is 18.6 Å². The molecule has 0 aromatic heterocycles. The summed E-state index contributed by atoms with van der Waals surface area (Å²) in [5, 5.41) is 0. The number of hydrogen-bond acceptors (Lipinski definition) is 4. The molecule has 0 atom stereocenters. The van der Waals surface area contributed by atoms with Crippen LogP contribution in [-0.4, -0.2) is 23.9 Å². The van der Waals surface area contributed by atoms with Crippen molar-refractivity contribution in [2.45, 2.75) is 38.2 Å². The van der Waals surface area contributed by atoms with Gasteiger partial charge in [0.2, 0.25) is 0 Å². The van der Waals surface area contributed by atoms with Gasteiger partial charge in [-0.2, -0.15) is 0 Å². The van der Waals surface area contributed by atoms with E-state index in [9.17, 15) is 14.4 Å². The molecule has 0 N–H and O–H groups in total. The Morgan fingerprint density at radius 1 is 0.885 bits per heavy atom. The molecular weight excluding hydrogens is 330 g/mol. The minimum atomic E-state index is -0.432. The Hall–Kier alpha value is -2.95.